The molecule has 0 aliphatic heterocycles. The molecule has 0 N–H and O–H groups in total. The molecule has 0 rings (SSSR count). The minimum atomic E-state index is -0.799. The van der Waals surface area contributed by atoms with Crippen molar-refractivity contribution >= 4 is 17.9 Å². The molecule has 0 aliphatic carbocycles. The summed E-state index contributed by atoms with van der Waals surface area (Å²) in [5.41, 5.74) is 0. The number of carbonyl (C=O) groups is 3. The fourth-order valence-corrected chi connectivity index (χ4v) is 8.43. The summed E-state index contributed by atoms with van der Waals surface area (Å²) >= 11 is 0. The van der Waals surface area contributed by atoms with Crippen LogP contribution in [0.15, 0.2) is 72.9 Å². The zero-order chi connectivity index (χ0) is 50.7. The maximum absolute atomic E-state index is 12.8. The molecule has 6 heteroatoms. The first-order valence-electron chi connectivity index (χ1n) is 29.9. The van der Waals surface area contributed by atoms with E-state index in [9.17, 15) is 14.4 Å². The van der Waals surface area contributed by atoms with Crippen molar-refractivity contribution in [2.24, 2.45) is 0 Å². The van der Waals surface area contributed by atoms with E-state index in [0.717, 1.165) is 96.3 Å². The van der Waals surface area contributed by atoms with Crippen LogP contribution in [0.4, 0.5) is 0 Å². The van der Waals surface area contributed by atoms with Crippen molar-refractivity contribution in [1.29, 1.82) is 0 Å². The van der Waals surface area contributed by atoms with Gasteiger partial charge in [-0.2, -0.15) is 0 Å². The standard InChI is InChI=1S/C64H112O6/c1-4-7-10-13-16-19-22-24-26-27-28-29-30-31-32-33-34-35-36-37-39-40-42-45-48-51-54-57-63(66)69-60-61(59-68-62(65)56-53-50-47-44-21-18-15-12-9-6-3)70-64(67)58-55-52-49-46-43-41-38-25-23-20-17-14-11-8-5-2/h8,11-12,15,17,20,25,27-28,38,43,46,61H,4-7,9-10,13-14,16,18-19,21-24,26,29-37,39-42,44-45,47-60H2,1-3H3/b11-8-,15-12-,20-17-,28-27-,38-25-,46-43-. The molecular weight excluding hydrogens is 865 g/mol. The zero-order valence-corrected chi connectivity index (χ0v) is 46.3. The highest BCUT2D eigenvalue weighted by molar-refractivity contribution is 5.71. The van der Waals surface area contributed by atoms with E-state index in [2.05, 4.69) is 93.7 Å². The summed E-state index contributed by atoms with van der Waals surface area (Å²) in [4.78, 5) is 38.0. The molecule has 0 saturated heterocycles. The lowest BCUT2D eigenvalue weighted by Gasteiger charge is -2.18. The van der Waals surface area contributed by atoms with Crippen molar-refractivity contribution < 1.29 is 28.6 Å². The molecule has 0 radical (unpaired) electrons. The number of hydrogen-bond donors (Lipinski definition) is 0. The van der Waals surface area contributed by atoms with Gasteiger partial charge in [0.1, 0.15) is 13.2 Å². The average Bonchev–Trinajstić information content (AvgIpc) is 3.36. The fourth-order valence-electron chi connectivity index (χ4n) is 8.43. The van der Waals surface area contributed by atoms with E-state index >= 15 is 0 Å². The summed E-state index contributed by atoms with van der Waals surface area (Å²) < 4.78 is 16.8. The van der Waals surface area contributed by atoms with Crippen LogP contribution in [0.25, 0.3) is 0 Å². The fraction of sp³-hybridized carbons (Fsp3) is 0.766. The largest absolute Gasteiger partial charge is 0.462 e. The Bertz CT molecular complexity index is 1310. The van der Waals surface area contributed by atoms with Gasteiger partial charge in [0.05, 0.1) is 0 Å². The molecule has 0 aromatic heterocycles. The van der Waals surface area contributed by atoms with E-state index in [1.54, 1.807) is 0 Å². The van der Waals surface area contributed by atoms with Gasteiger partial charge in [0.2, 0.25) is 0 Å². The van der Waals surface area contributed by atoms with E-state index < -0.39 is 6.10 Å². The first-order chi connectivity index (χ1) is 34.5. The molecule has 0 amide bonds. The molecule has 6 nitrogen and oxygen atoms in total. The van der Waals surface area contributed by atoms with Crippen LogP contribution >= 0.6 is 0 Å². The van der Waals surface area contributed by atoms with Crippen molar-refractivity contribution in [3.8, 4) is 0 Å². The van der Waals surface area contributed by atoms with E-state index in [4.69, 9.17) is 14.2 Å². The predicted octanol–water partition coefficient (Wildman–Crippen LogP) is 20.2. The quantitative estimate of drug-likeness (QED) is 0.0261. The van der Waals surface area contributed by atoms with Crippen LogP contribution in [0, 0.1) is 0 Å². The lowest BCUT2D eigenvalue weighted by Crippen LogP contribution is -2.30. The normalized spacial score (nSPS) is 12.6. The molecule has 0 aromatic carbocycles. The Morgan fingerprint density at radius 2 is 0.586 bits per heavy atom. The Hall–Kier alpha value is -3.15. The Labute approximate surface area is 433 Å². The molecule has 1 unspecified atom stereocenters. The van der Waals surface area contributed by atoms with Crippen LogP contribution in [0.5, 0.6) is 0 Å². The van der Waals surface area contributed by atoms with Gasteiger partial charge in [0.15, 0.2) is 6.10 Å². The third kappa shape index (κ3) is 55.8. The second-order valence-corrected chi connectivity index (χ2v) is 19.9. The Morgan fingerprint density at radius 3 is 0.971 bits per heavy atom. The molecule has 70 heavy (non-hydrogen) atoms. The molecular formula is C64H112O6. The molecule has 0 fully saturated rings. The van der Waals surface area contributed by atoms with E-state index in [0.29, 0.717) is 19.3 Å². The van der Waals surface area contributed by atoms with E-state index in [1.165, 1.54) is 154 Å². The zero-order valence-electron chi connectivity index (χ0n) is 46.3. The van der Waals surface area contributed by atoms with Gasteiger partial charge in [-0.15, -0.1) is 0 Å². The highest BCUT2D eigenvalue weighted by atomic mass is 16.6. The third-order valence-corrected chi connectivity index (χ3v) is 12.9. The number of unbranched alkanes of at least 4 members (excludes halogenated alkanes) is 31. The third-order valence-electron chi connectivity index (χ3n) is 12.9. The second-order valence-electron chi connectivity index (χ2n) is 19.9. The molecule has 0 heterocycles. The van der Waals surface area contributed by atoms with Crippen molar-refractivity contribution in [2.45, 2.75) is 303 Å². The maximum Gasteiger partial charge on any atom is 0.306 e. The second kappa shape index (κ2) is 58.4. The van der Waals surface area contributed by atoms with Crippen LogP contribution in [0.1, 0.15) is 297 Å². The van der Waals surface area contributed by atoms with E-state index in [1.807, 2.05) is 0 Å². The Morgan fingerprint density at radius 1 is 0.300 bits per heavy atom. The van der Waals surface area contributed by atoms with E-state index in [-0.39, 0.29) is 37.5 Å². The molecule has 404 valence electrons. The van der Waals surface area contributed by atoms with Gasteiger partial charge in [0, 0.05) is 19.3 Å². The lowest BCUT2D eigenvalue weighted by atomic mass is 10.0. The van der Waals surface area contributed by atoms with Crippen molar-refractivity contribution in [3.63, 3.8) is 0 Å². The van der Waals surface area contributed by atoms with Crippen molar-refractivity contribution in [3.05, 3.63) is 72.9 Å². The molecule has 0 bridgehead atoms. The number of rotatable bonds is 54. The van der Waals surface area contributed by atoms with Gasteiger partial charge < -0.3 is 14.2 Å². The summed E-state index contributed by atoms with van der Waals surface area (Å²) in [6.45, 7) is 6.44. The Balaban J connectivity index is 4.20. The summed E-state index contributed by atoms with van der Waals surface area (Å²) in [5, 5.41) is 0. The smallest absolute Gasteiger partial charge is 0.306 e. The first kappa shape index (κ1) is 66.9. The van der Waals surface area contributed by atoms with Gasteiger partial charge in [-0.1, -0.05) is 248 Å². The maximum atomic E-state index is 12.8. The highest BCUT2D eigenvalue weighted by Crippen LogP contribution is 2.16. The van der Waals surface area contributed by atoms with Crippen LogP contribution in [-0.4, -0.2) is 37.2 Å². The Kier molecular flexibility index (Phi) is 55.8. The summed E-state index contributed by atoms with van der Waals surface area (Å²) in [5.74, 6) is -0.939. The summed E-state index contributed by atoms with van der Waals surface area (Å²) in [7, 11) is 0. The van der Waals surface area contributed by atoms with Gasteiger partial charge in [0.25, 0.3) is 0 Å². The molecule has 1 atom stereocenters. The first-order valence-corrected chi connectivity index (χ1v) is 29.9. The average molecular weight is 978 g/mol. The van der Waals surface area contributed by atoms with Gasteiger partial charge >= 0.3 is 17.9 Å². The van der Waals surface area contributed by atoms with Crippen molar-refractivity contribution in [2.75, 3.05) is 13.2 Å². The predicted molar refractivity (Wildman–Crippen MR) is 302 cm³/mol. The minimum absolute atomic E-state index is 0.0934. The van der Waals surface area contributed by atoms with Crippen LogP contribution in [-0.2, 0) is 28.6 Å². The topological polar surface area (TPSA) is 78.9 Å². The van der Waals surface area contributed by atoms with Gasteiger partial charge in [-0.25, -0.2) is 0 Å². The van der Waals surface area contributed by atoms with Crippen LogP contribution in [0.2, 0.25) is 0 Å². The number of carbonyl (C=O) groups excluding carboxylic acids is 3. The number of ether oxygens (including phenoxy) is 3. The van der Waals surface area contributed by atoms with Crippen molar-refractivity contribution in [1.82, 2.24) is 0 Å². The number of hydrogen-bond acceptors (Lipinski definition) is 6. The molecule has 0 saturated carbocycles. The SMILES string of the molecule is CC/C=C\C/C=C\C/C=C\C/C=C\CCCCC(=O)OC(COC(=O)CCCCCCC/C=C\CCC)COC(=O)CCCCCCCCCCCCCCCCC/C=C\CCCCCCCCCC. The molecule has 0 spiro atoms. The molecule has 0 aromatic rings. The summed E-state index contributed by atoms with van der Waals surface area (Å²) in [6, 6.07) is 0. The summed E-state index contributed by atoms with van der Waals surface area (Å²) in [6.07, 6.45) is 75.0. The highest BCUT2D eigenvalue weighted by Gasteiger charge is 2.19. The molecule has 0 aliphatic rings. The number of allylic oxidation sites excluding steroid dienone is 12. The number of esters is 3. The van der Waals surface area contributed by atoms with Crippen LogP contribution < -0.4 is 0 Å². The van der Waals surface area contributed by atoms with Gasteiger partial charge in [-0.3, -0.25) is 14.4 Å². The van der Waals surface area contributed by atoms with Crippen LogP contribution in [0.3, 0.4) is 0 Å². The minimum Gasteiger partial charge on any atom is -0.462 e. The lowest BCUT2D eigenvalue weighted by molar-refractivity contribution is -0.167. The van der Waals surface area contributed by atoms with Gasteiger partial charge in [-0.05, 0) is 103 Å². The monoisotopic (exact) mass is 977 g/mol.